The first-order valence-corrected chi connectivity index (χ1v) is 7.93. The third-order valence-electron chi connectivity index (χ3n) is 4.42. The second-order valence-electron chi connectivity index (χ2n) is 6.08. The fourth-order valence-electron chi connectivity index (χ4n) is 3.03. The Hall–Kier alpha value is -2.59. The third kappa shape index (κ3) is 3.01. The molecular weight excluding hydrogens is 344 g/mol. The van der Waals surface area contributed by atoms with Crippen molar-refractivity contribution in [1.29, 1.82) is 0 Å². The molecule has 1 aromatic carbocycles. The fourth-order valence-corrected chi connectivity index (χ4v) is 3.03. The Morgan fingerprint density at radius 3 is 2.54 bits per heavy atom. The van der Waals surface area contributed by atoms with Gasteiger partial charge in [0.05, 0.1) is 6.61 Å². The van der Waals surface area contributed by atoms with Gasteiger partial charge in [-0.2, -0.15) is 0 Å². The molecule has 0 radical (unpaired) electrons. The maximum absolute atomic E-state index is 12.8. The lowest BCUT2D eigenvalue weighted by atomic mass is 9.86. The van der Waals surface area contributed by atoms with Gasteiger partial charge in [-0.3, -0.25) is 19.1 Å². The summed E-state index contributed by atoms with van der Waals surface area (Å²) < 4.78 is 6.18. The summed E-state index contributed by atoms with van der Waals surface area (Å²) in [5.41, 5.74) is -3.47. The van der Waals surface area contributed by atoms with Gasteiger partial charge in [-0.25, -0.2) is 4.79 Å². The van der Waals surface area contributed by atoms with Crippen LogP contribution in [0, 0.1) is 0 Å². The molecular formula is C17H18N2O7. The second-order valence-corrected chi connectivity index (χ2v) is 6.08. The second kappa shape index (κ2) is 6.96. The van der Waals surface area contributed by atoms with E-state index in [1.807, 2.05) is 4.98 Å². The van der Waals surface area contributed by atoms with E-state index in [2.05, 4.69) is 0 Å². The maximum Gasteiger partial charge on any atom is 0.330 e. The number of benzene rings is 1. The summed E-state index contributed by atoms with van der Waals surface area (Å²) in [7, 11) is 0. The lowest BCUT2D eigenvalue weighted by Crippen LogP contribution is -2.55. The van der Waals surface area contributed by atoms with E-state index in [4.69, 9.17) is 4.74 Å². The Labute approximate surface area is 147 Å². The van der Waals surface area contributed by atoms with Crippen molar-refractivity contribution >= 4 is 5.78 Å². The molecule has 4 N–H and O–H groups in total. The largest absolute Gasteiger partial charge is 0.394 e. The van der Waals surface area contributed by atoms with E-state index in [9.17, 15) is 29.7 Å². The normalized spacial score (nSPS) is 28.2. The van der Waals surface area contributed by atoms with E-state index in [1.165, 1.54) is 0 Å². The Morgan fingerprint density at radius 1 is 1.23 bits per heavy atom. The number of hydrogen-bond donors (Lipinski definition) is 4. The van der Waals surface area contributed by atoms with Crippen LogP contribution in [-0.4, -0.2) is 55.1 Å². The number of rotatable bonds is 5. The van der Waals surface area contributed by atoms with Gasteiger partial charge < -0.3 is 20.1 Å². The van der Waals surface area contributed by atoms with Crippen LogP contribution in [0.1, 0.15) is 11.8 Å². The number of ether oxygens (including phenoxy) is 1. The zero-order valence-electron chi connectivity index (χ0n) is 13.6. The van der Waals surface area contributed by atoms with Crippen LogP contribution < -0.4 is 11.2 Å². The molecule has 1 fully saturated rings. The summed E-state index contributed by atoms with van der Waals surface area (Å²) in [4.78, 5) is 38.1. The SMILES string of the molecule is O=C(Cc1ccccc1)[C@@]1(O)[C@H](O)[C@@H](CO)O[C@H]1n1ccc(=O)[nH]c1=O. The smallest absolute Gasteiger partial charge is 0.330 e. The van der Waals surface area contributed by atoms with E-state index in [0.717, 1.165) is 16.8 Å². The number of aromatic amines is 1. The number of nitrogens with zero attached hydrogens (tertiary/aromatic N) is 1. The van der Waals surface area contributed by atoms with Crippen LogP contribution in [0.15, 0.2) is 52.2 Å². The molecule has 0 unspecified atom stereocenters. The molecule has 0 saturated carbocycles. The van der Waals surface area contributed by atoms with Crippen molar-refractivity contribution in [2.45, 2.75) is 30.5 Å². The third-order valence-corrected chi connectivity index (χ3v) is 4.42. The number of aromatic nitrogens is 2. The minimum atomic E-state index is -2.48. The number of carbonyl (C=O) groups is 1. The highest BCUT2D eigenvalue weighted by Gasteiger charge is 2.60. The van der Waals surface area contributed by atoms with Gasteiger partial charge in [-0.05, 0) is 5.56 Å². The molecule has 2 heterocycles. The van der Waals surface area contributed by atoms with Gasteiger partial charge in [-0.1, -0.05) is 30.3 Å². The number of aliphatic hydroxyl groups excluding tert-OH is 2. The fraction of sp³-hybridized carbons (Fsp3) is 0.353. The monoisotopic (exact) mass is 362 g/mol. The minimum absolute atomic E-state index is 0.218. The van der Waals surface area contributed by atoms with Crippen LogP contribution in [0.2, 0.25) is 0 Å². The number of hydrogen-bond acceptors (Lipinski definition) is 7. The van der Waals surface area contributed by atoms with Crippen LogP contribution in [0.4, 0.5) is 0 Å². The van der Waals surface area contributed by atoms with E-state index in [0.29, 0.717) is 5.56 Å². The number of nitrogens with one attached hydrogen (secondary N) is 1. The number of carbonyl (C=O) groups excluding carboxylic acids is 1. The zero-order chi connectivity index (χ0) is 18.9. The molecule has 1 aromatic heterocycles. The van der Waals surface area contributed by atoms with Crippen LogP contribution in [-0.2, 0) is 16.0 Å². The molecule has 26 heavy (non-hydrogen) atoms. The lowest BCUT2D eigenvalue weighted by molar-refractivity contribution is -0.158. The first-order valence-electron chi connectivity index (χ1n) is 7.93. The average molecular weight is 362 g/mol. The van der Waals surface area contributed by atoms with Gasteiger partial charge in [0.1, 0.15) is 12.2 Å². The molecule has 9 nitrogen and oxygen atoms in total. The Morgan fingerprint density at radius 2 is 1.92 bits per heavy atom. The van der Waals surface area contributed by atoms with Gasteiger partial charge in [-0.15, -0.1) is 0 Å². The molecule has 1 aliphatic heterocycles. The predicted octanol–water partition coefficient (Wildman–Crippen LogP) is -1.67. The lowest BCUT2D eigenvalue weighted by Gasteiger charge is -2.30. The standard InChI is InChI=1S/C17H18N2O7/c20-9-11-14(23)17(25,12(21)8-10-4-2-1-3-5-10)15(26-11)19-7-6-13(22)18-16(19)24/h1-7,11,14-15,20,23,25H,8-9H2,(H,18,22,24)/t11-,14-,15-,17-/m1/s1. The highest BCUT2D eigenvalue weighted by Crippen LogP contribution is 2.39. The van der Waals surface area contributed by atoms with Crippen LogP contribution in [0.5, 0.6) is 0 Å². The molecule has 138 valence electrons. The number of H-pyrrole nitrogens is 1. The van der Waals surface area contributed by atoms with Crippen molar-refractivity contribution < 1.29 is 24.9 Å². The summed E-state index contributed by atoms with van der Waals surface area (Å²) in [5.74, 6) is -0.782. The van der Waals surface area contributed by atoms with Crippen LogP contribution in [0.3, 0.4) is 0 Å². The Bertz CT molecular complexity index is 907. The van der Waals surface area contributed by atoms with Gasteiger partial charge in [0.15, 0.2) is 17.6 Å². The summed E-state index contributed by atoms with van der Waals surface area (Å²) in [6.45, 7) is -0.670. The first kappa shape index (κ1) is 18.2. The molecule has 9 heteroatoms. The maximum atomic E-state index is 12.8. The molecule has 0 bridgehead atoms. The minimum Gasteiger partial charge on any atom is -0.394 e. The van der Waals surface area contributed by atoms with E-state index < -0.39 is 47.7 Å². The molecule has 0 aliphatic carbocycles. The highest BCUT2D eigenvalue weighted by atomic mass is 16.6. The number of ketones is 1. The summed E-state index contributed by atoms with van der Waals surface area (Å²) in [5, 5.41) is 30.8. The van der Waals surface area contributed by atoms with Crippen molar-refractivity contribution in [3.63, 3.8) is 0 Å². The summed E-state index contributed by atoms with van der Waals surface area (Å²) >= 11 is 0. The Kier molecular flexibility index (Phi) is 4.88. The Balaban J connectivity index is 2.02. The molecule has 2 aromatic rings. The van der Waals surface area contributed by atoms with E-state index >= 15 is 0 Å². The van der Waals surface area contributed by atoms with Crippen LogP contribution >= 0.6 is 0 Å². The quantitative estimate of drug-likeness (QED) is 0.498. The van der Waals surface area contributed by atoms with Crippen molar-refractivity contribution in [3.05, 3.63) is 69.0 Å². The van der Waals surface area contributed by atoms with Gasteiger partial charge >= 0.3 is 5.69 Å². The molecule has 1 aliphatic rings. The van der Waals surface area contributed by atoms with Crippen molar-refractivity contribution in [2.24, 2.45) is 0 Å². The predicted molar refractivity (Wildman–Crippen MR) is 88.4 cm³/mol. The van der Waals surface area contributed by atoms with Crippen molar-refractivity contribution in [3.8, 4) is 0 Å². The zero-order valence-corrected chi connectivity index (χ0v) is 13.6. The van der Waals surface area contributed by atoms with Crippen molar-refractivity contribution in [1.82, 2.24) is 9.55 Å². The number of Topliss-reactive ketones (excluding diaryl/α,β-unsaturated/α-hetero) is 1. The van der Waals surface area contributed by atoms with E-state index in [1.54, 1.807) is 30.3 Å². The van der Waals surface area contributed by atoms with Gasteiger partial charge in [0.2, 0.25) is 0 Å². The molecule has 4 atom stereocenters. The molecule has 0 amide bonds. The topological polar surface area (TPSA) is 142 Å². The molecule has 1 saturated heterocycles. The molecule has 3 rings (SSSR count). The van der Waals surface area contributed by atoms with Crippen LogP contribution in [0.25, 0.3) is 0 Å². The average Bonchev–Trinajstić information content (AvgIpc) is 2.88. The van der Waals surface area contributed by atoms with Gasteiger partial charge in [0, 0.05) is 18.7 Å². The van der Waals surface area contributed by atoms with Gasteiger partial charge in [0.25, 0.3) is 5.56 Å². The first-order chi connectivity index (χ1) is 12.4. The number of aliphatic hydroxyl groups is 3. The highest BCUT2D eigenvalue weighted by molar-refractivity contribution is 5.90. The summed E-state index contributed by atoms with van der Waals surface area (Å²) in [6.07, 6.45) is -3.80. The summed E-state index contributed by atoms with van der Waals surface area (Å²) in [6, 6.07) is 9.57. The van der Waals surface area contributed by atoms with Crippen molar-refractivity contribution in [2.75, 3.05) is 6.61 Å². The molecule has 0 spiro atoms. The van der Waals surface area contributed by atoms with E-state index in [-0.39, 0.29) is 6.42 Å².